The SMILES string of the molecule is CC1CCCCCC1Nc1nc(CC(=O)O)cs1. The molecule has 1 saturated carbocycles. The van der Waals surface area contributed by atoms with Crippen molar-refractivity contribution in [1.82, 2.24) is 4.98 Å². The van der Waals surface area contributed by atoms with Crippen LogP contribution < -0.4 is 5.32 Å². The van der Waals surface area contributed by atoms with E-state index in [0.717, 1.165) is 5.13 Å². The monoisotopic (exact) mass is 268 g/mol. The number of nitrogens with zero attached hydrogens (tertiary/aromatic N) is 1. The highest BCUT2D eigenvalue weighted by Gasteiger charge is 2.20. The van der Waals surface area contributed by atoms with E-state index in [2.05, 4.69) is 17.2 Å². The Labute approximate surface area is 111 Å². The molecular weight excluding hydrogens is 248 g/mol. The zero-order chi connectivity index (χ0) is 13.0. The summed E-state index contributed by atoms with van der Waals surface area (Å²) in [5.74, 6) is -0.158. The molecule has 2 rings (SSSR count). The first kappa shape index (κ1) is 13.3. The second-order valence-electron chi connectivity index (χ2n) is 5.08. The molecule has 1 aliphatic carbocycles. The summed E-state index contributed by atoms with van der Waals surface area (Å²) in [6.45, 7) is 2.29. The third-order valence-electron chi connectivity index (χ3n) is 3.55. The molecule has 18 heavy (non-hydrogen) atoms. The van der Waals surface area contributed by atoms with Crippen molar-refractivity contribution in [2.24, 2.45) is 5.92 Å². The van der Waals surface area contributed by atoms with Crippen molar-refractivity contribution < 1.29 is 9.90 Å². The molecule has 4 nitrogen and oxygen atoms in total. The number of aromatic nitrogens is 1. The fraction of sp³-hybridized carbons (Fsp3) is 0.692. The Morgan fingerprint density at radius 1 is 1.50 bits per heavy atom. The van der Waals surface area contributed by atoms with Crippen LogP contribution in [0.3, 0.4) is 0 Å². The molecule has 2 atom stereocenters. The Kier molecular flexibility index (Phi) is 4.58. The van der Waals surface area contributed by atoms with Gasteiger partial charge in [-0.05, 0) is 18.8 Å². The maximum Gasteiger partial charge on any atom is 0.309 e. The second kappa shape index (κ2) is 6.18. The third-order valence-corrected chi connectivity index (χ3v) is 4.38. The van der Waals surface area contributed by atoms with E-state index in [4.69, 9.17) is 5.11 Å². The average molecular weight is 268 g/mol. The molecule has 1 heterocycles. The van der Waals surface area contributed by atoms with Crippen molar-refractivity contribution in [3.8, 4) is 0 Å². The number of anilines is 1. The van der Waals surface area contributed by atoms with Crippen LogP contribution in [-0.4, -0.2) is 22.1 Å². The highest BCUT2D eigenvalue weighted by Crippen LogP contribution is 2.27. The van der Waals surface area contributed by atoms with Gasteiger partial charge in [-0.3, -0.25) is 4.79 Å². The van der Waals surface area contributed by atoms with Gasteiger partial charge in [0.1, 0.15) is 0 Å². The van der Waals surface area contributed by atoms with Crippen LogP contribution in [0.4, 0.5) is 5.13 Å². The summed E-state index contributed by atoms with van der Waals surface area (Å²) in [6.07, 6.45) is 6.39. The molecule has 1 aliphatic rings. The standard InChI is InChI=1S/C13H20N2O2S/c1-9-5-3-2-4-6-11(9)15-13-14-10(8-18-13)7-12(16)17/h8-9,11H,2-7H2,1H3,(H,14,15)(H,16,17). The van der Waals surface area contributed by atoms with Crippen LogP contribution in [0.15, 0.2) is 5.38 Å². The molecule has 0 amide bonds. The molecule has 1 aromatic rings. The van der Waals surface area contributed by atoms with E-state index in [1.165, 1.54) is 43.4 Å². The van der Waals surface area contributed by atoms with Gasteiger partial charge < -0.3 is 10.4 Å². The summed E-state index contributed by atoms with van der Waals surface area (Å²) in [7, 11) is 0. The summed E-state index contributed by atoms with van der Waals surface area (Å²) in [5.41, 5.74) is 0.649. The van der Waals surface area contributed by atoms with E-state index < -0.39 is 5.97 Å². The van der Waals surface area contributed by atoms with E-state index in [-0.39, 0.29) is 6.42 Å². The molecule has 0 aromatic carbocycles. The zero-order valence-corrected chi connectivity index (χ0v) is 11.5. The third kappa shape index (κ3) is 3.70. The molecular formula is C13H20N2O2S. The van der Waals surface area contributed by atoms with Gasteiger partial charge in [0, 0.05) is 11.4 Å². The van der Waals surface area contributed by atoms with Crippen molar-refractivity contribution in [3.63, 3.8) is 0 Å². The van der Waals surface area contributed by atoms with Gasteiger partial charge in [-0.2, -0.15) is 0 Å². The molecule has 1 fully saturated rings. The molecule has 0 radical (unpaired) electrons. The predicted molar refractivity (Wildman–Crippen MR) is 73.1 cm³/mol. The number of hydrogen-bond acceptors (Lipinski definition) is 4. The smallest absolute Gasteiger partial charge is 0.309 e. The molecule has 0 bridgehead atoms. The van der Waals surface area contributed by atoms with E-state index in [1.807, 2.05) is 5.38 Å². The van der Waals surface area contributed by atoms with Crippen LogP contribution >= 0.6 is 11.3 Å². The predicted octanol–water partition coefficient (Wildman–Crippen LogP) is 3.15. The van der Waals surface area contributed by atoms with Crippen molar-refractivity contribution in [1.29, 1.82) is 0 Å². The van der Waals surface area contributed by atoms with Gasteiger partial charge >= 0.3 is 5.97 Å². The Hall–Kier alpha value is -1.10. The van der Waals surface area contributed by atoms with Gasteiger partial charge in [-0.1, -0.05) is 26.2 Å². The molecule has 100 valence electrons. The van der Waals surface area contributed by atoms with Crippen LogP contribution in [-0.2, 0) is 11.2 Å². The van der Waals surface area contributed by atoms with E-state index in [9.17, 15) is 4.79 Å². The van der Waals surface area contributed by atoms with Gasteiger partial charge in [0.15, 0.2) is 5.13 Å². The van der Waals surface area contributed by atoms with E-state index in [1.54, 1.807) is 0 Å². The first-order valence-electron chi connectivity index (χ1n) is 6.58. The van der Waals surface area contributed by atoms with Gasteiger partial charge in [-0.15, -0.1) is 11.3 Å². The number of thiazole rings is 1. The Morgan fingerprint density at radius 2 is 2.28 bits per heavy atom. The number of aliphatic carboxylic acids is 1. The van der Waals surface area contributed by atoms with Gasteiger partial charge in [-0.25, -0.2) is 4.98 Å². The number of rotatable bonds is 4. The van der Waals surface area contributed by atoms with Crippen LogP contribution in [0.25, 0.3) is 0 Å². The molecule has 0 saturated heterocycles. The van der Waals surface area contributed by atoms with Gasteiger partial charge in [0.25, 0.3) is 0 Å². The van der Waals surface area contributed by atoms with Crippen LogP contribution in [0, 0.1) is 5.92 Å². The normalized spacial score (nSPS) is 24.5. The van der Waals surface area contributed by atoms with Crippen LogP contribution in [0.1, 0.15) is 44.7 Å². The lowest BCUT2D eigenvalue weighted by molar-refractivity contribution is -0.136. The minimum atomic E-state index is -0.824. The van der Waals surface area contributed by atoms with E-state index in [0.29, 0.717) is 17.7 Å². The summed E-state index contributed by atoms with van der Waals surface area (Å²) in [6, 6.07) is 0.483. The first-order valence-corrected chi connectivity index (χ1v) is 7.46. The largest absolute Gasteiger partial charge is 0.481 e. The summed E-state index contributed by atoms with van der Waals surface area (Å²) in [5, 5.41) is 14.9. The minimum Gasteiger partial charge on any atom is -0.481 e. The van der Waals surface area contributed by atoms with Gasteiger partial charge in [0.2, 0.25) is 0 Å². The molecule has 5 heteroatoms. The van der Waals surface area contributed by atoms with Gasteiger partial charge in [0.05, 0.1) is 12.1 Å². The lowest BCUT2D eigenvalue weighted by Crippen LogP contribution is -2.26. The molecule has 0 aliphatic heterocycles. The summed E-state index contributed by atoms with van der Waals surface area (Å²) >= 11 is 1.51. The van der Waals surface area contributed by atoms with Crippen molar-refractivity contribution in [2.75, 3.05) is 5.32 Å². The zero-order valence-electron chi connectivity index (χ0n) is 10.7. The number of nitrogens with one attached hydrogen (secondary N) is 1. The molecule has 1 aromatic heterocycles. The Bertz CT molecular complexity index is 405. The number of carboxylic acids is 1. The highest BCUT2D eigenvalue weighted by atomic mass is 32.1. The van der Waals surface area contributed by atoms with Crippen molar-refractivity contribution >= 4 is 22.4 Å². The Balaban J connectivity index is 1.95. The number of carbonyl (C=O) groups is 1. The molecule has 0 spiro atoms. The number of carboxylic acid groups (broad SMARTS) is 1. The van der Waals surface area contributed by atoms with Crippen LogP contribution in [0.5, 0.6) is 0 Å². The maximum atomic E-state index is 10.6. The Morgan fingerprint density at radius 3 is 3.06 bits per heavy atom. The van der Waals surface area contributed by atoms with E-state index >= 15 is 0 Å². The first-order chi connectivity index (χ1) is 8.65. The van der Waals surface area contributed by atoms with Crippen molar-refractivity contribution in [3.05, 3.63) is 11.1 Å². The lowest BCUT2D eigenvalue weighted by atomic mass is 9.97. The van der Waals surface area contributed by atoms with Crippen molar-refractivity contribution in [2.45, 2.75) is 51.5 Å². The number of hydrogen-bond donors (Lipinski definition) is 2. The fourth-order valence-corrected chi connectivity index (χ4v) is 3.25. The molecule has 2 unspecified atom stereocenters. The summed E-state index contributed by atoms with van der Waals surface area (Å²) < 4.78 is 0. The summed E-state index contributed by atoms with van der Waals surface area (Å²) in [4.78, 5) is 14.9. The second-order valence-corrected chi connectivity index (χ2v) is 5.94. The maximum absolute atomic E-state index is 10.6. The van der Waals surface area contributed by atoms with Crippen LogP contribution in [0.2, 0.25) is 0 Å². The minimum absolute atomic E-state index is 0.0123. The molecule has 2 N–H and O–H groups in total. The lowest BCUT2D eigenvalue weighted by Gasteiger charge is -2.22. The fourth-order valence-electron chi connectivity index (χ4n) is 2.48. The quantitative estimate of drug-likeness (QED) is 0.823. The topological polar surface area (TPSA) is 62.2 Å². The highest BCUT2D eigenvalue weighted by molar-refractivity contribution is 7.13. The average Bonchev–Trinajstić information content (AvgIpc) is 2.63.